The first-order valence-electron chi connectivity index (χ1n) is 10.8. The number of hydrogen-bond donors (Lipinski definition) is 1. The number of carbonyl (C=O) groups excluding carboxylic acids is 1. The summed E-state index contributed by atoms with van der Waals surface area (Å²) < 4.78 is 7.27. The van der Waals surface area contributed by atoms with Gasteiger partial charge in [0.25, 0.3) is 0 Å². The highest BCUT2D eigenvalue weighted by Crippen LogP contribution is 2.19. The fourth-order valence-electron chi connectivity index (χ4n) is 3.61. The molecule has 0 aliphatic carbocycles. The number of esters is 1. The zero-order valence-corrected chi connectivity index (χ0v) is 18.7. The van der Waals surface area contributed by atoms with Crippen molar-refractivity contribution in [3.05, 3.63) is 34.5 Å². The van der Waals surface area contributed by atoms with Crippen LogP contribution in [0, 0.1) is 5.92 Å². The van der Waals surface area contributed by atoms with Crippen molar-refractivity contribution in [2.45, 2.75) is 46.1 Å². The second kappa shape index (κ2) is 11.7. The molecular formula is C21H32N6O2S. The number of thiophene rings is 1. The second-order valence-electron chi connectivity index (χ2n) is 7.27. The number of rotatable bonds is 9. The van der Waals surface area contributed by atoms with Gasteiger partial charge < -0.3 is 19.5 Å². The maximum absolute atomic E-state index is 12.0. The van der Waals surface area contributed by atoms with E-state index in [4.69, 9.17) is 9.73 Å². The van der Waals surface area contributed by atoms with Crippen molar-refractivity contribution in [1.29, 1.82) is 0 Å². The SMILES string of the molecule is CCOC(=O)C1CCN(C(=NCCc2cccs2)NCCn2cnnc2CC)CC1. The minimum atomic E-state index is -0.0685. The quantitative estimate of drug-likeness (QED) is 0.372. The van der Waals surface area contributed by atoms with Gasteiger partial charge in [0.1, 0.15) is 12.2 Å². The summed E-state index contributed by atoms with van der Waals surface area (Å²) in [5.74, 6) is 1.84. The predicted molar refractivity (Wildman–Crippen MR) is 119 cm³/mol. The van der Waals surface area contributed by atoms with Crippen LogP contribution in [0.25, 0.3) is 0 Å². The van der Waals surface area contributed by atoms with E-state index in [-0.39, 0.29) is 11.9 Å². The molecule has 0 saturated carbocycles. The van der Waals surface area contributed by atoms with Crippen molar-refractivity contribution in [2.24, 2.45) is 10.9 Å². The number of hydrogen-bond acceptors (Lipinski definition) is 6. The summed E-state index contributed by atoms with van der Waals surface area (Å²) >= 11 is 1.77. The van der Waals surface area contributed by atoms with Crippen LogP contribution in [0.1, 0.15) is 37.4 Å². The lowest BCUT2D eigenvalue weighted by Gasteiger charge is -2.33. The number of likely N-dealkylation sites (tertiary alicyclic amines) is 1. The lowest BCUT2D eigenvalue weighted by molar-refractivity contribution is -0.149. The van der Waals surface area contributed by atoms with E-state index < -0.39 is 0 Å². The molecule has 1 aliphatic rings. The molecular weight excluding hydrogens is 400 g/mol. The lowest BCUT2D eigenvalue weighted by atomic mass is 9.97. The van der Waals surface area contributed by atoms with Gasteiger partial charge in [0.15, 0.2) is 5.96 Å². The average molecular weight is 433 g/mol. The van der Waals surface area contributed by atoms with E-state index in [1.165, 1.54) is 4.88 Å². The summed E-state index contributed by atoms with van der Waals surface area (Å²) in [5.41, 5.74) is 0. The molecule has 0 aromatic carbocycles. The van der Waals surface area contributed by atoms with Crippen molar-refractivity contribution in [1.82, 2.24) is 25.0 Å². The Morgan fingerprint density at radius 2 is 2.20 bits per heavy atom. The molecule has 0 spiro atoms. The standard InChI is InChI=1S/C21H32N6O2S/c1-3-19-25-24-16-27(19)14-11-23-21(22-10-7-18-6-5-15-30-18)26-12-8-17(9-13-26)20(28)29-4-2/h5-6,15-17H,3-4,7-14H2,1-2H3,(H,22,23). The van der Waals surface area contributed by atoms with E-state index in [0.717, 1.165) is 70.2 Å². The second-order valence-corrected chi connectivity index (χ2v) is 8.30. The molecule has 3 rings (SSSR count). The highest BCUT2D eigenvalue weighted by atomic mass is 32.1. The Kier molecular flexibility index (Phi) is 8.67. The van der Waals surface area contributed by atoms with Crippen LogP contribution in [0.4, 0.5) is 0 Å². The van der Waals surface area contributed by atoms with Gasteiger partial charge in [-0.15, -0.1) is 21.5 Å². The Bertz CT molecular complexity index is 796. The third kappa shape index (κ3) is 6.29. The third-order valence-electron chi connectivity index (χ3n) is 5.26. The summed E-state index contributed by atoms with van der Waals surface area (Å²) in [4.78, 5) is 20.5. The highest BCUT2D eigenvalue weighted by Gasteiger charge is 2.27. The van der Waals surface area contributed by atoms with E-state index >= 15 is 0 Å². The minimum absolute atomic E-state index is 0.00213. The predicted octanol–water partition coefficient (Wildman–Crippen LogP) is 2.37. The minimum Gasteiger partial charge on any atom is -0.466 e. The molecule has 8 nitrogen and oxygen atoms in total. The number of nitrogens with one attached hydrogen (secondary N) is 1. The molecule has 2 aromatic heterocycles. The molecule has 1 fully saturated rings. The van der Waals surface area contributed by atoms with Crippen molar-refractivity contribution < 1.29 is 9.53 Å². The van der Waals surface area contributed by atoms with E-state index in [0.29, 0.717) is 6.61 Å². The molecule has 164 valence electrons. The highest BCUT2D eigenvalue weighted by molar-refractivity contribution is 7.09. The monoisotopic (exact) mass is 432 g/mol. The van der Waals surface area contributed by atoms with Crippen LogP contribution in [-0.4, -0.2) is 64.4 Å². The van der Waals surface area contributed by atoms with Gasteiger partial charge in [-0.25, -0.2) is 0 Å². The van der Waals surface area contributed by atoms with Gasteiger partial charge in [-0.1, -0.05) is 13.0 Å². The first-order chi connectivity index (χ1) is 14.7. The van der Waals surface area contributed by atoms with E-state index in [2.05, 4.69) is 49.4 Å². The van der Waals surface area contributed by atoms with Crippen molar-refractivity contribution in [2.75, 3.05) is 32.8 Å². The van der Waals surface area contributed by atoms with Gasteiger partial charge in [-0.05, 0) is 31.2 Å². The lowest BCUT2D eigenvalue weighted by Crippen LogP contribution is -2.47. The summed E-state index contributed by atoms with van der Waals surface area (Å²) in [6.45, 7) is 8.28. The summed E-state index contributed by atoms with van der Waals surface area (Å²) in [6, 6.07) is 4.23. The van der Waals surface area contributed by atoms with Crippen molar-refractivity contribution in [3.8, 4) is 0 Å². The number of nitrogens with zero attached hydrogens (tertiary/aromatic N) is 5. The smallest absolute Gasteiger partial charge is 0.309 e. The van der Waals surface area contributed by atoms with Gasteiger partial charge in [0.2, 0.25) is 0 Å². The van der Waals surface area contributed by atoms with E-state index in [1.807, 2.05) is 6.92 Å². The molecule has 9 heteroatoms. The number of piperidine rings is 1. The van der Waals surface area contributed by atoms with Gasteiger partial charge >= 0.3 is 5.97 Å². The molecule has 0 unspecified atom stereocenters. The Morgan fingerprint density at radius 3 is 2.90 bits per heavy atom. The fraction of sp³-hybridized carbons (Fsp3) is 0.619. The van der Waals surface area contributed by atoms with E-state index in [9.17, 15) is 4.79 Å². The summed E-state index contributed by atoms with van der Waals surface area (Å²) in [6.07, 6.45) is 5.18. The molecule has 30 heavy (non-hydrogen) atoms. The fourth-order valence-corrected chi connectivity index (χ4v) is 4.31. The molecule has 1 aliphatic heterocycles. The van der Waals surface area contributed by atoms with Gasteiger partial charge in [0, 0.05) is 50.4 Å². The zero-order chi connectivity index (χ0) is 21.2. The van der Waals surface area contributed by atoms with Gasteiger partial charge in [-0.2, -0.15) is 0 Å². The molecule has 1 N–H and O–H groups in total. The van der Waals surface area contributed by atoms with Gasteiger partial charge in [0.05, 0.1) is 12.5 Å². The molecule has 0 atom stereocenters. The van der Waals surface area contributed by atoms with Crippen molar-refractivity contribution >= 4 is 23.3 Å². The topological polar surface area (TPSA) is 84.6 Å². The van der Waals surface area contributed by atoms with Crippen LogP contribution >= 0.6 is 11.3 Å². The largest absolute Gasteiger partial charge is 0.466 e. The number of aromatic nitrogens is 3. The Morgan fingerprint density at radius 1 is 1.37 bits per heavy atom. The van der Waals surface area contributed by atoms with Crippen LogP contribution in [-0.2, 0) is 28.9 Å². The van der Waals surface area contributed by atoms with Crippen LogP contribution < -0.4 is 5.32 Å². The van der Waals surface area contributed by atoms with Crippen LogP contribution in [0.5, 0.6) is 0 Å². The average Bonchev–Trinajstić information content (AvgIpc) is 3.45. The number of ether oxygens (including phenoxy) is 1. The first kappa shape index (κ1) is 22.3. The maximum Gasteiger partial charge on any atom is 0.309 e. The summed E-state index contributed by atoms with van der Waals surface area (Å²) in [5, 5.41) is 13.8. The maximum atomic E-state index is 12.0. The van der Waals surface area contributed by atoms with Crippen molar-refractivity contribution in [3.63, 3.8) is 0 Å². The molecule has 0 radical (unpaired) electrons. The Balaban J connectivity index is 1.57. The third-order valence-corrected chi connectivity index (χ3v) is 6.20. The first-order valence-corrected chi connectivity index (χ1v) is 11.7. The Labute approximate surface area is 182 Å². The summed E-state index contributed by atoms with van der Waals surface area (Å²) in [7, 11) is 0. The van der Waals surface area contributed by atoms with Crippen LogP contribution in [0.15, 0.2) is 28.8 Å². The number of guanidine groups is 1. The number of carbonyl (C=O) groups is 1. The Hall–Kier alpha value is -2.42. The van der Waals surface area contributed by atoms with Crippen LogP contribution in [0.3, 0.4) is 0 Å². The van der Waals surface area contributed by atoms with Gasteiger partial charge in [-0.3, -0.25) is 9.79 Å². The normalized spacial score (nSPS) is 15.4. The number of aliphatic imine (C=N–C) groups is 1. The van der Waals surface area contributed by atoms with Crippen LogP contribution in [0.2, 0.25) is 0 Å². The molecule has 3 heterocycles. The van der Waals surface area contributed by atoms with E-state index in [1.54, 1.807) is 17.7 Å². The molecule has 0 amide bonds. The zero-order valence-electron chi connectivity index (χ0n) is 17.9. The molecule has 1 saturated heterocycles. The molecule has 0 bridgehead atoms. The molecule has 2 aromatic rings. The number of aryl methyl sites for hydroxylation is 1.